The summed E-state index contributed by atoms with van der Waals surface area (Å²) in [6, 6.07) is 4.15. The number of carbonyl (C=O) groups excluding carboxylic acids is 3. The normalized spacial score (nSPS) is 19.2. The van der Waals surface area contributed by atoms with Gasteiger partial charge in [-0.3, -0.25) is 9.59 Å². The Balaban J connectivity index is 2.52. The Morgan fingerprint density at radius 2 is 2.00 bits per heavy atom. The van der Waals surface area contributed by atoms with Gasteiger partial charge in [-0.25, -0.2) is 13.2 Å². The van der Waals surface area contributed by atoms with Crippen molar-refractivity contribution in [3.05, 3.63) is 23.8 Å². The first-order chi connectivity index (χ1) is 10.3. The van der Waals surface area contributed by atoms with Gasteiger partial charge in [-0.1, -0.05) is 6.07 Å². The molecule has 1 aromatic rings. The molecule has 0 bridgehead atoms. The number of esters is 1. The van der Waals surface area contributed by atoms with Crippen molar-refractivity contribution in [3.63, 3.8) is 0 Å². The highest BCUT2D eigenvalue weighted by Crippen LogP contribution is 2.35. The van der Waals surface area contributed by atoms with Crippen molar-refractivity contribution in [2.24, 2.45) is 5.92 Å². The van der Waals surface area contributed by atoms with Gasteiger partial charge in [-0.15, -0.1) is 0 Å². The van der Waals surface area contributed by atoms with Gasteiger partial charge >= 0.3 is 5.97 Å². The number of methoxy groups -OCH3 is 1. The molecule has 1 aromatic carbocycles. The van der Waals surface area contributed by atoms with Gasteiger partial charge in [0.1, 0.15) is 16.6 Å². The Hall–Kier alpha value is -2.22. The van der Waals surface area contributed by atoms with Gasteiger partial charge < -0.3 is 9.47 Å². The van der Waals surface area contributed by atoms with Gasteiger partial charge in [0.15, 0.2) is 15.6 Å². The largest absolute Gasteiger partial charge is 0.495 e. The zero-order valence-corrected chi connectivity index (χ0v) is 12.8. The maximum atomic E-state index is 12.4. The number of ketones is 2. The summed E-state index contributed by atoms with van der Waals surface area (Å²) in [4.78, 5) is 35.6. The predicted octanol–water partition coefficient (Wildman–Crippen LogP) is 0.414. The number of Topliss-reactive ketones (excluding diaryl/α,β-unsaturated/α-hetero) is 2. The van der Waals surface area contributed by atoms with Crippen LogP contribution in [0.3, 0.4) is 0 Å². The number of hydrogen-bond acceptors (Lipinski definition) is 7. The van der Waals surface area contributed by atoms with Crippen LogP contribution < -0.4 is 4.74 Å². The standard InChI is InChI=1S/C14H14O7S/c1-3-21-14(17)12(16)9-7-22(18,19)13-8(11(9)15)5-4-6-10(13)20-2/h4-6,9H,3,7H2,1-2H3. The van der Waals surface area contributed by atoms with E-state index in [4.69, 9.17) is 4.74 Å². The first kappa shape index (κ1) is 16.2. The molecular weight excluding hydrogens is 312 g/mol. The number of ether oxygens (including phenoxy) is 2. The molecule has 0 fully saturated rings. The number of sulfone groups is 1. The Morgan fingerprint density at radius 1 is 1.32 bits per heavy atom. The minimum atomic E-state index is -3.93. The van der Waals surface area contributed by atoms with E-state index >= 15 is 0 Å². The first-order valence-corrected chi connectivity index (χ1v) is 8.13. The minimum Gasteiger partial charge on any atom is -0.495 e. The average Bonchev–Trinajstić information content (AvgIpc) is 2.49. The molecule has 0 aromatic heterocycles. The zero-order valence-electron chi connectivity index (χ0n) is 12.0. The second-order valence-electron chi connectivity index (χ2n) is 4.62. The van der Waals surface area contributed by atoms with Crippen molar-refractivity contribution >= 4 is 27.4 Å². The lowest BCUT2D eigenvalue weighted by Gasteiger charge is -2.23. The highest BCUT2D eigenvalue weighted by atomic mass is 32.2. The quantitative estimate of drug-likeness (QED) is 0.448. The van der Waals surface area contributed by atoms with Crippen LogP contribution in [0.15, 0.2) is 23.1 Å². The van der Waals surface area contributed by atoms with Crippen LogP contribution in [0.5, 0.6) is 5.75 Å². The molecule has 0 spiro atoms. The first-order valence-electron chi connectivity index (χ1n) is 6.48. The molecular formula is C14H14O7S. The molecule has 1 atom stereocenters. The van der Waals surface area contributed by atoms with Crippen LogP contribution in [-0.2, 0) is 24.2 Å². The molecule has 1 aliphatic heterocycles. The molecule has 0 saturated heterocycles. The summed E-state index contributed by atoms with van der Waals surface area (Å²) in [5.74, 6) is -5.39. The summed E-state index contributed by atoms with van der Waals surface area (Å²) in [6.07, 6.45) is 0. The fourth-order valence-electron chi connectivity index (χ4n) is 2.30. The van der Waals surface area contributed by atoms with E-state index in [2.05, 4.69) is 4.74 Å². The number of benzene rings is 1. The van der Waals surface area contributed by atoms with Crippen molar-refractivity contribution in [2.75, 3.05) is 19.5 Å². The molecule has 0 N–H and O–H groups in total. The number of carbonyl (C=O) groups is 3. The molecule has 0 saturated carbocycles. The van der Waals surface area contributed by atoms with Crippen molar-refractivity contribution in [1.82, 2.24) is 0 Å². The molecule has 8 heteroatoms. The molecule has 1 heterocycles. The van der Waals surface area contributed by atoms with Crippen LogP contribution in [0, 0.1) is 5.92 Å². The van der Waals surface area contributed by atoms with E-state index in [9.17, 15) is 22.8 Å². The van der Waals surface area contributed by atoms with Gasteiger partial charge in [0, 0.05) is 5.56 Å². The third-order valence-electron chi connectivity index (χ3n) is 3.27. The van der Waals surface area contributed by atoms with Crippen LogP contribution in [0.1, 0.15) is 17.3 Å². The third kappa shape index (κ3) is 2.61. The van der Waals surface area contributed by atoms with E-state index in [1.165, 1.54) is 32.2 Å². The molecule has 0 radical (unpaired) electrons. The van der Waals surface area contributed by atoms with Gasteiger partial charge in [0.05, 0.1) is 19.5 Å². The van der Waals surface area contributed by atoms with Crippen LogP contribution in [-0.4, -0.2) is 45.4 Å². The Bertz CT molecular complexity index is 748. The molecule has 0 aliphatic carbocycles. The van der Waals surface area contributed by atoms with E-state index in [-0.39, 0.29) is 22.8 Å². The molecule has 0 amide bonds. The highest BCUT2D eigenvalue weighted by molar-refractivity contribution is 7.91. The summed E-state index contributed by atoms with van der Waals surface area (Å²) in [5.41, 5.74) is -0.145. The molecule has 1 unspecified atom stereocenters. The summed E-state index contributed by atoms with van der Waals surface area (Å²) >= 11 is 0. The number of rotatable bonds is 4. The molecule has 1 aliphatic rings. The summed E-state index contributed by atoms with van der Waals surface area (Å²) in [5, 5.41) is 0. The van der Waals surface area contributed by atoms with Crippen molar-refractivity contribution in [2.45, 2.75) is 11.8 Å². The maximum Gasteiger partial charge on any atom is 0.375 e. The fourth-order valence-corrected chi connectivity index (χ4v) is 4.17. The van der Waals surface area contributed by atoms with Crippen LogP contribution in [0.4, 0.5) is 0 Å². The summed E-state index contributed by atoms with van der Waals surface area (Å²) in [7, 11) is -2.65. The van der Waals surface area contributed by atoms with E-state index in [1.54, 1.807) is 0 Å². The predicted molar refractivity (Wildman–Crippen MR) is 74.5 cm³/mol. The van der Waals surface area contributed by atoms with Gasteiger partial charge in [0.2, 0.25) is 0 Å². The lowest BCUT2D eigenvalue weighted by atomic mass is 9.94. The van der Waals surface area contributed by atoms with E-state index in [1.807, 2.05) is 0 Å². The Labute approximate surface area is 127 Å². The molecule has 2 rings (SSSR count). The molecule has 7 nitrogen and oxygen atoms in total. The zero-order chi connectivity index (χ0) is 16.5. The van der Waals surface area contributed by atoms with Gasteiger partial charge in [0.25, 0.3) is 5.78 Å². The van der Waals surface area contributed by atoms with Gasteiger partial charge in [-0.2, -0.15) is 0 Å². The SMILES string of the molecule is CCOC(=O)C(=O)C1CS(=O)(=O)c2c(OC)cccc2C1=O. The smallest absolute Gasteiger partial charge is 0.375 e. The number of hydrogen-bond donors (Lipinski definition) is 0. The van der Waals surface area contributed by atoms with E-state index in [0.717, 1.165) is 0 Å². The lowest BCUT2D eigenvalue weighted by molar-refractivity contribution is -0.154. The third-order valence-corrected chi connectivity index (χ3v) is 5.09. The van der Waals surface area contributed by atoms with E-state index < -0.39 is 39.0 Å². The van der Waals surface area contributed by atoms with Crippen LogP contribution >= 0.6 is 0 Å². The lowest BCUT2D eigenvalue weighted by Crippen LogP contribution is -2.40. The second kappa shape index (κ2) is 5.88. The van der Waals surface area contributed by atoms with Gasteiger partial charge in [-0.05, 0) is 19.1 Å². The van der Waals surface area contributed by atoms with E-state index in [0.29, 0.717) is 0 Å². The second-order valence-corrected chi connectivity index (χ2v) is 6.59. The average molecular weight is 326 g/mol. The van der Waals surface area contributed by atoms with Crippen molar-refractivity contribution in [1.29, 1.82) is 0 Å². The molecule has 22 heavy (non-hydrogen) atoms. The number of fused-ring (bicyclic) bond motifs is 1. The Kier molecular flexibility index (Phi) is 4.32. The van der Waals surface area contributed by atoms with Crippen molar-refractivity contribution < 1.29 is 32.3 Å². The van der Waals surface area contributed by atoms with Crippen molar-refractivity contribution in [3.8, 4) is 5.75 Å². The fraction of sp³-hybridized carbons (Fsp3) is 0.357. The highest BCUT2D eigenvalue weighted by Gasteiger charge is 2.44. The van der Waals surface area contributed by atoms with Crippen LogP contribution in [0.2, 0.25) is 0 Å². The molecule has 118 valence electrons. The summed E-state index contributed by atoms with van der Waals surface area (Å²) in [6.45, 7) is 1.47. The monoisotopic (exact) mass is 326 g/mol. The topological polar surface area (TPSA) is 104 Å². The maximum absolute atomic E-state index is 12.4. The van der Waals surface area contributed by atoms with Crippen LogP contribution in [0.25, 0.3) is 0 Å². The minimum absolute atomic E-state index is 0.0351. The Morgan fingerprint density at radius 3 is 2.59 bits per heavy atom. The summed E-state index contributed by atoms with van der Waals surface area (Å²) < 4.78 is 34.2.